The highest BCUT2D eigenvalue weighted by Crippen LogP contribution is 2.29. The standard InChI is InChI=1S/C28H21ClN4O/c1-18-11-16-24-22(17-18)26(19-7-3-2-4-8-19)33-28(32-24)30-21-14-12-20(13-15-21)27(34)31-25-10-6-5-9-23(25)29/h2-17H,1H3,(H,31,34)(H,30,32,33). The fourth-order valence-electron chi connectivity index (χ4n) is 3.71. The van der Waals surface area contributed by atoms with Crippen LogP contribution in [0, 0.1) is 6.92 Å². The van der Waals surface area contributed by atoms with E-state index in [2.05, 4.69) is 23.6 Å². The minimum absolute atomic E-state index is 0.233. The van der Waals surface area contributed by atoms with Crippen LogP contribution in [0.5, 0.6) is 0 Å². The predicted molar refractivity (Wildman–Crippen MR) is 139 cm³/mol. The van der Waals surface area contributed by atoms with Crippen LogP contribution in [0.3, 0.4) is 0 Å². The molecule has 34 heavy (non-hydrogen) atoms. The molecule has 0 aliphatic rings. The van der Waals surface area contributed by atoms with Gasteiger partial charge in [-0.3, -0.25) is 4.79 Å². The van der Waals surface area contributed by atoms with Gasteiger partial charge in [0.15, 0.2) is 0 Å². The molecular formula is C28H21ClN4O. The van der Waals surface area contributed by atoms with Crippen molar-refractivity contribution in [3.05, 3.63) is 113 Å². The highest BCUT2D eigenvalue weighted by molar-refractivity contribution is 6.33. The van der Waals surface area contributed by atoms with E-state index in [1.807, 2.05) is 66.7 Å². The summed E-state index contributed by atoms with van der Waals surface area (Å²) in [5.74, 6) is 0.256. The molecule has 0 unspecified atom stereocenters. The Hall–Kier alpha value is -4.22. The summed E-state index contributed by atoms with van der Waals surface area (Å²) in [7, 11) is 0. The van der Waals surface area contributed by atoms with E-state index in [9.17, 15) is 4.79 Å². The van der Waals surface area contributed by atoms with Crippen molar-refractivity contribution in [2.24, 2.45) is 0 Å². The number of hydrogen-bond donors (Lipinski definition) is 2. The molecule has 0 saturated heterocycles. The summed E-state index contributed by atoms with van der Waals surface area (Å²) in [5, 5.41) is 7.60. The van der Waals surface area contributed by atoms with Gasteiger partial charge in [0.25, 0.3) is 5.91 Å². The van der Waals surface area contributed by atoms with Crippen LogP contribution in [0.15, 0.2) is 97.1 Å². The van der Waals surface area contributed by atoms with Crippen molar-refractivity contribution in [1.82, 2.24) is 9.97 Å². The van der Waals surface area contributed by atoms with E-state index in [0.717, 1.165) is 33.4 Å². The van der Waals surface area contributed by atoms with Crippen LogP contribution < -0.4 is 10.6 Å². The van der Waals surface area contributed by atoms with Gasteiger partial charge >= 0.3 is 0 Å². The van der Waals surface area contributed by atoms with Crippen LogP contribution in [0.4, 0.5) is 17.3 Å². The minimum Gasteiger partial charge on any atom is -0.324 e. The fraction of sp³-hybridized carbons (Fsp3) is 0.0357. The van der Waals surface area contributed by atoms with E-state index >= 15 is 0 Å². The summed E-state index contributed by atoms with van der Waals surface area (Å²) in [6.07, 6.45) is 0. The molecule has 5 aromatic rings. The number of nitrogens with one attached hydrogen (secondary N) is 2. The molecule has 2 N–H and O–H groups in total. The zero-order chi connectivity index (χ0) is 23.5. The van der Waals surface area contributed by atoms with Crippen LogP contribution in [0.1, 0.15) is 15.9 Å². The molecule has 5 rings (SSSR count). The molecule has 166 valence electrons. The predicted octanol–water partition coefficient (Wildman–Crippen LogP) is 7.25. The second kappa shape index (κ2) is 9.33. The molecule has 1 heterocycles. The third kappa shape index (κ3) is 4.60. The lowest BCUT2D eigenvalue weighted by atomic mass is 10.0. The maximum atomic E-state index is 12.6. The summed E-state index contributed by atoms with van der Waals surface area (Å²) >= 11 is 6.14. The first-order valence-corrected chi connectivity index (χ1v) is 11.2. The second-order valence-electron chi connectivity index (χ2n) is 7.92. The summed E-state index contributed by atoms with van der Waals surface area (Å²) < 4.78 is 0. The Morgan fingerprint density at radius 1 is 0.824 bits per heavy atom. The van der Waals surface area contributed by atoms with E-state index in [1.165, 1.54) is 0 Å². The van der Waals surface area contributed by atoms with Crippen LogP contribution in [0.25, 0.3) is 22.2 Å². The van der Waals surface area contributed by atoms with Gasteiger partial charge in [0.1, 0.15) is 0 Å². The number of para-hydroxylation sites is 1. The molecule has 0 saturated carbocycles. The van der Waals surface area contributed by atoms with Gasteiger partial charge in [-0.2, -0.15) is 0 Å². The first-order valence-electron chi connectivity index (χ1n) is 10.8. The number of rotatable bonds is 5. The summed E-state index contributed by atoms with van der Waals surface area (Å²) in [4.78, 5) is 22.1. The van der Waals surface area contributed by atoms with Gasteiger partial charge in [-0.05, 0) is 55.5 Å². The van der Waals surface area contributed by atoms with Gasteiger partial charge in [-0.15, -0.1) is 0 Å². The number of hydrogen-bond acceptors (Lipinski definition) is 4. The molecule has 0 aliphatic carbocycles. The topological polar surface area (TPSA) is 66.9 Å². The van der Waals surface area contributed by atoms with Crippen LogP contribution in [-0.2, 0) is 0 Å². The molecule has 0 bridgehead atoms. The zero-order valence-corrected chi connectivity index (χ0v) is 19.2. The highest BCUT2D eigenvalue weighted by atomic mass is 35.5. The lowest BCUT2D eigenvalue weighted by Gasteiger charge is -2.12. The summed E-state index contributed by atoms with van der Waals surface area (Å²) in [5.41, 5.74) is 5.77. The van der Waals surface area contributed by atoms with Crippen LogP contribution in [0.2, 0.25) is 5.02 Å². The Balaban J connectivity index is 1.42. The Morgan fingerprint density at radius 3 is 2.32 bits per heavy atom. The average Bonchev–Trinajstić information content (AvgIpc) is 2.86. The monoisotopic (exact) mass is 464 g/mol. The number of aryl methyl sites for hydroxylation is 1. The number of nitrogens with zero attached hydrogens (tertiary/aromatic N) is 2. The summed E-state index contributed by atoms with van der Waals surface area (Å²) in [6, 6.07) is 30.5. The van der Waals surface area contributed by atoms with Crippen molar-refractivity contribution >= 4 is 45.7 Å². The highest BCUT2D eigenvalue weighted by Gasteiger charge is 2.12. The van der Waals surface area contributed by atoms with Gasteiger partial charge < -0.3 is 10.6 Å². The van der Waals surface area contributed by atoms with Gasteiger partial charge in [0, 0.05) is 22.2 Å². The van der Waals surface area contributed by atoms with Crippen LogP contribution >= 0.6 is 11.6 Å². The van der Waals surface area contributed by atoms with Gasteiger partial charge in [0.05, 0.1) is 21.9 Å². The normalized spacial score (nSPS) is 10.8. The lowest BCUT2D eigenvalue weighted by Crippen LogP contribution is -2.12. The largest absolute Gasteiger partial charge is 0.324 e. The third-order valence-electron chi connectivity index (χ3n) is 5.42. The maximum Gasteiger partial charge on any atom is 0.255 e. The van der Waals surface area contributed by atoms with Crippen molar-refractivity contribution in [2.45, 2.75) is 6.92 Å². The molecule has 0 atom stereocenters. The van der Waals surface area contributed by atoms with Crippen molar-refractivity contribution in [2.75, 3.05) is 10.6 Å². The van der Waals surface area contributed by atoms with Gasteiger partial charge in [-0.25, -0.2) is 9.97 Å². The van der Waals surface area contributed by atoms with E-state index in [-0.39, 0.29) is 5.91 Å². The SMILES string of the molecule is Cc1ccc2nc(Nc3ccc(C(=O)Nc4ccccc4Cl)cc3)nc(-c3ccccc3)c2c1. The van der Waals surface area contributed by atoms with E-state index in [1.54, 1.807) is 24.3 Å². The molecule has 1 aromatic heterocycles. The van der Waals surface area contributed by atoms with E-state index < -0.39 is 0 Å². The molecule has 0 fully saturated rings. The number of anilines is 3. The van der Waals surface area contributed by atoms with Crippen LogP contribution in [-0.4, -0.2) is 15.9 Å². The number of carbonyl (C=O) groups is 1. The van der Waals surface area contributed by atoms with Crippen molar-refractivity contribution < 1.29 is 4.79 Å². The molecule has 0 radical (unpaired) electrons. The Morgan fingerprint density at radius 2 is 1.56 bits per heavy atom. The zero-order valence-electron chi connectivity index (χ0n) is 18.4. The first kappa shape index (κ1) is 21.6. The van der Waals surface area contributed by atoms with E-state index in [4.69, 9.17) is 21.6 Å². The quantitative estimate of drug-likeness (QED) is 0.287. The molecule has 1 amide bonds. The Labute approximate surface area is 202 Å². The first-order chi connectivity index (χ1) is 16.6. The van der Waals surface area contributed by atoms with Crippen molar-refractivity contribution in [3.63, 3.8) is 0 Å². The molecule has 0 aliphatic heterocycles. The smallest absolute Gasteiger partial charge is 0.255 e. The number of carbonyl (C=O) groups excluding carboxylic acids is 1. The minimum atomic E-state index is -0.233. The molecule has 4 aromatic carbocycles. The molecule has 6 heteroatoms. The molecule has 0 spiro atoms. The second-order valence-corrected chi connectivity index (χ2v) is 8.33. The van der Waals surface area contributed by atoms with Crippen molar-refractivity contribution in [3.8, 4) is 11.3 Å². The third-order valence-corrected chi connectivity index (χ3v) is 5.75. The Bertz CT molecular complexity index is 1480. The number of benzene rings is 4. The number of fused-ring (bicyclic) bond motifs is 1. The lowest BCUT2D eigenvalue weighted by molar-refractivity contribution is 0.102. The van der Waals surface area contributed by atoms with Gasteiger partial charge in [-0.1, -0.05) is 65.7 Å². The van der Waals surface area contributed by atoms with E-state index in [0.29, 0.717) is 22.2 Å². The molecular weight excluding hydrogens is 444 g/mol. The number of aromatic nitrogens is 2. The summed E-state index contributed by atoms with van der Waals surface area (Å²) in [6.45, 7) is 2.06. The Kier molecular flexibility index (Phi) is 5.93. The average molecular weight is 465 g/mol. The fourth-order valence-corrected chi connectivity index (χ4v) is 3.89. The molecule has 5 nitrogen and oxygen atoms in total. The maximum absolute atomic E-state index is 12.6. The van der Waals surface area contributed by atoms with Gasteiger partial charge in [0.2, 0.25) is 5.95 Å². The van der Waals surface area contributed by atoms with Crippen molar-refractivity contribution in [1.29, 1.82) is 0 Å². The number of halogens is 1. The number of amides is 1.